The number of phenolic OH excluding ortho intramolecular Hbond substituents is 1. The third-order valence-corrected chi connectivity index (χ3v) is 5.33. The van der Waals surface area contributed by atoms with Crippen LogP contribution in [0.1, 0.15) is 11.3 Å². The summed E-state index contributed by atoms with van der Waals surface area (Å²) in [6.07, 6.45) is 4.26. The summed E-state index contributed by atoms with van der Waals surface area (Å²) in [5.74, 6) is 0.549. The Kier molecular flexibility index (Phi) is 4.94. The molecule has 6 nitrogen and oxygen atoms in total. The number of aromatic hydroxyl groups is 1. The van der Waals surface area contributed by atoms with Crippen LogP contribution < -0.4 is 9.80 Å². The highest BCUT2D eigenvalue weighted by Crippen LogP contribution is 2.35. The second-order valence-corrected chi connectivity index (χ2v) is 6.98. The predicted molar refractivity (Wildman–Crippen MR) is 104 cm³/mol. The van der Waals surface area contributed by atoms with Crippen molar-refractivity contribution in [2.75, 3.05) is 49.1 Å². The molecule has 2 aliphatic heterocycles. The zero-order valence-corrected chi connectivity index (χ0v) is 15.3. The lowest BCUT2D eigenvalue weighted by atomic mass is 10.0. The highest BCUT2D eigenvalue weighted by atomic mass is 19.1. The van der Waals surface area contributed by atoms with Crippen LogP contribution in [0.2, 0.25) is 0 Å². The molecule has 1 aromatic heterocycles. The van der Waals surface area contributed by atoms with Crippen LogP contribution in [0.15, 0.2) is 37.2 Å². The van der Waals surface area contributed by atoms with E-state index in [2.05, 4.69) is 26.3 Å². The molecule has 1 N–H and O–H groups in total. The molecule has 2 aromatic rings. The maximum atomic E-state index is 14.2. The number of hydrogen-bond donors (Lipinski definition) is 1. The van der Waals surface area contributed by atoms with E-state index in [0.29, 0.717) is 13.1 Å². The first-order chi connectivity index (χ1) is 13.2. The molecule has 2 aliphatic rings. The fourth-order valence-electron chi connectivity index (χ4n) is 3.94. The minimum absolute atomic E-state index is 0.0360. The van der Waals surface area contributed by atoms with Crippen LogP contribution in [-0.4, -0.2) is 59.2 Å². The molecule has 142 valence electrons. The summed E-state index contributed by atoms with van der Waals surface area (Å²) in [6, 6.07) is 4.40. The number of nitrogens with zero attached hydrogens (tertiary/aromatic N) is 5. The van der Waals surface area contributed by atoms with Gasteiger partial charge in [-0.1, -0.05) is 12.1 Å². The first-order valence-electron chi connectivity index (χ1n) is 9.30. The molecule has 3 heterocycles. The first-order valence-corrected chi connectivity index (χ1v) is 9.30. The van der Waals surface area contributed by atoms with Crippen LogP contribution in [0, 0.1) is 5.82 Å². The second kappa shape index (κ2) is 7.52. The lowest BCUT2D eigenvalue weighted by Gasteiger charge is -2.37. The summed E-state index contributed by atoms with van der Waals surface area (Å²) in [5, 5.41) is 10.1. The Bertz CT molecular complexity index is 815. The quantitative estimate of drug-likeness (QED) is 0.834. The van der Waals surface area contributed by atoms with Gasteiger partial charge < -0.3 is 14.9 Å². The summed E-state index contributed by atoms with van der Waals surface area (Å²) in [6.45, 7) is 9.64. The van der Waals surface area contributed by atoms with Crippen LogP contribution in [0.3, 0.4) is 0 Å². The topological polar surface area (TPSA) is 55.7 Å². The Balaban J connectivity index is 1.55. The highest BCUT2D eigenvalue weighted by molar-refractivity contribution is 5.61. The van der Waals surface area contributed by atoms with Gasteiger partial charge in [-0.25, -0.2) is 14.4 Å². The van der Waals surface area contributed by atoms with Crippen molar-refractivity contribution in [2.24, 2.45) is 0 Å². The number of aromatic nitrogens is 2. The average molecular weight is 369 g/mol. The summed E-state index contributed by atoms with van der Waals surface area (Å²) in [7, 11) is 0. The molecule has 27 heavy (non-hydrogen) atoms. The molecule has 0 radical (unpaired) electrons. The monoisotopic (exact) mass is 369 g/mol. The van der Waals surface area contributed by atoms with Crippen LogP contribution in [0.5, 0.6) is 5.75 Å². The van der Waals surface area contributed by atoms with Crippen LogP contribution in [0.4, 0.5) is 15.9 Å². The molecule has 1 fully saturated rings. The van der Waals surface area contributed by atoms with Crippen molar-refractivity contribution >= 4 is 11.5 Å². The van der Waals surface area contributed by atoms with Crippen LogP contribution in [-0.2, 0) is 13.0 Å². The van der Waals surface area contributed by atoms with Gasteiger partial charge in [0.05, 0.1) is 12.2 Å². The average Bonchev–Trinajstić information content (AvgIpc) is 2.68. The molecule has 1 aromatic carbocycles. The van der Waals surface area contributed by atoms with Crippen molar-refractivity contribution < 1.29 is 9.50 Å². The van der Waals surface area contributed by atoms with Gasteiger partial charge in [-0.05, 0) is 18.6 Å². The third-order valence-electron chi connectivity index (χ3n) is 5.33. The predicted octanol–water partition coefficient (Wildman–Crippen LogP) is 2.19. The number of anilines is 2. The zero-order chi connectivity index (χ0) is 18.8. The molecular weight excluding hydrogens is 345 g/mol. The standard InChI is InChI=1S/C20H24FN5O/c1-2-7-24-9-11-25(12-10-24)20-15-6-8-26(13-17(15)22-14-23-20)19-16(21)4-3-5-18(19)27/h2-5,14,27H,1,6-13H2. The van der Waals surface area contributed by atoms with Crippen molar-refractivity contribution in [1.29, 1.82) is 0 Å². The van der Waals surface area contributed by atoms with E-state index < -0.39 is 5.82 Å². The van der Waals surface area contributed by atoms with Crippen molar-refractivity contribution in [3.8, 4) is 5.75 Å². The fourth-order valence-corrected chi connectivity index (χ4v) is 3.94. The SMILES string of the molecule is C=CCN1CCN(c2ncnc3c2CCN(c2c(O)cccc2F)C3)CC1. The number of benzene rings is 1. The van der Waals surface area contributed by atoms with Crippen molar-refractivity contribution in [3.05, 3.63) is 54.3 Å². The lowest BCUT2D eigenvalue weighted by molar-refractivity contribution is 0.283. The minimum Gasteiger partial charge on any atom is -0.506 e. The Morgan fingerprint density at radius 1 is 1.11 bits per heavy atom. The molecule has 0 amide bonds. The van der Waals surface area contributed by atoms with E-state index in [1.54, 1.807) is 6.33 Å². The van der Waals surface area contributed by atoms with Gasteiger partial charge in [-0.2, -0.15) is 0 Å². The highest BCUT2D eigenvalue weighted by Gasteiger charge is 2.27. The smallest absolute Gasteiger partial charge is 0.150 e. The number of fused-ring (bicyclic) bond motifs is 1. The Morgan fingerprint density at radius 2 is 1.93 bits per heavy atom. The molecule has 0 unspecified atom stereocenters. The van der Waals surface area contributed by atoms with Gasteiger partial charge in [0.2, 0.25) is 0 Å². The molecule has 1 saturated heterocycles. The fraction of sp³-hybridized carbons (Fsp3) is 0.400. The number of para-hydroxylation sites is 1. The van der Waals surface area contributed by atoms with Crippen molar-refractivity contribution in [3.63, 3.8) is 0 Å². The number of phenols is 1. The second-order valence-electron chi connectivity index (χ2n) is 6.98. The van der Waals surface area contributed by atoms with Crippen molar-refractivity contribution in [2.45, 2.75) is 13.0 Å². The van der Waals surface area contributed by atoms with E-state index in [4.69, 9.17) is 0 Å². The first kappa shape index (κ1) is 17.7. The lowest BCUT2D eigenvalue weighted by Crippen LogP contribution is -2.47. The van der Waals surface area contributed by atoms with Gasteiger partial charge in [0.25, 0.3) is 0 Å². The van der Waals surface area contributed by atoms with Crippen molar-refractivity contribution in [1.82, 2.24) is 14.9 Å². The maximum Gasteiger partial charge on any atom is 0.150 e. The number of piperazine rings is 1. The van der Waals surface area contributed by atoms with Crippen LogP contribution >= 0.6 is 0 Å². The Labute approximate surface area is 158 Å². The number of hydrogen-bond acceptors (Lipinski definition) is 6. The molecule has 0 saturated carbocycles. The maximum absolute atomic E-state index is 14.2. The van der Waals surface area contributed by atoms with E-state index >= 15 is 0 Å². The van der Waals surface area contributed by atoms with E-state index in [9.17, 15) is 9.50 Å². The van der Waals surface area contributed by atoms with Gasteiger partial charge >= 0.3 is 0 Å². The van der Waals surface area contributed by atoms with Gasteiger partial charge in [0.15, 0.2) is 0 Å². The molecular formula is C20H24FN5O. The molecule has 4 rings (SSSR count). The summed E-state index contributed by atoms with van der Waals surface area (Å²) >= 11 is 0. The normalized spacial score (nSPS) is 17.7. The molecule has 0 atom stereocenters. The van der Waals surface area contributed by atoms with Crippen LogP contribution in [0.25, 0.3) is 0 Å². The van der Waals surface area contributed by atoms with E-state index in [0.717, 1.165) is 56.2 Å². The van der Waals surface area contributed by atoms with E-state index in [-0.39, 0.29) is 11.4 Å². The van der Waals surface area contributed by atoms with E-state index in [1.807, 2.05) is 11.0 Å². The number of rotatable bonds is 4. The number of halogens is 1. The van der Waals surface area contributed by atoms with E-state index in [1.165, 1.54) is 18.2 Å². The minimum atomic E-state index is -0.411. The molecule has 0 aliphatic carbocycles. The molecule has 7 heteroatoms. The summed E-state index contributed by atoms with van der Waals surface area (Å²) < 4.78 is 14.2. The van der Waals surface area contributed by atoms with Gasteiger partial charge in [-0.15, -0.1) is 6.58 Å². The Morgan fingerprint density at radius 3 is 2.67 bits per heavy atom. The van der Waals surface area contributed by atoms with Gasteiger partial charge in [-0.3, -0.25) is 4.90 Å². The Hall–Kier alpha value is -2.67. The van der Waals surface area contributed by atoms with Gasteiger partial charge in [0, 0.05) is 44.8 Å². The largest absolute Gasteiger partial charge is 0.506 e. The molecule has 0 bridgehead atoms. The third kappa shape index (κ3) is 3.47. The summed E-state index contributed by atoms with van der Waals surface area (Å²) in [5.41, 5.74) is 2.30. The summed E-state index contributed by atoms with van der Waals surface area (Å²) in [4.78, 5) is 15.5. The molecule has 0 spiro atoms. The van der Waals surface area contributed by atoms with Gasteiger partial charge in [0.1, 0.15) is 29.4 Å². The zero-order valence-electron chi connectivity index (χ0n) is 15.3.